The maximum atomic E-state index is 13.1. The van der Waals surface area contributed by atoms with Gasteiger partial charge in [0.25, 0.3) is 5.91 Å². The smallest absolute Gasteiger partial charge is 0.268 e. The standard InChI is InChI=1S/C22H28N4O4/c1-16-11-13-18(14-12-16)19(27)26(30-5)25(22(2,3)4)21(29)20(28)24(23)15-17-9-7-6-8-10-17/h6-14H,15,23H2,1-5H3. The summed E-state index contributed by atoms with van der Waals surface area (Å²) in [5, 5.41) is 2.59. The van der Waals surface area contributed by atoms with Crippen molar-refractivity contribution in [3.05, 3.63) is 71.3 Å². The Kier molecular flexibility index (Phi) is 7.31. The van der Waals surface area contributed by atoms with Crippen LogP contribution in [0.25, 0.3) is 0 Å². The van der Waals surface area contributed by atoms with Gasteiger partial charge in [0.2, 0.25) is 0 Å². The lowest BCUT2D eigenvalue weighted by Crippen LogP contribution is -2.61. The fraction of sp³-hybridized carbons (Fsp3) is 0.318. The maximum absolute atomic E-state index is 13.1. The van der Waals surface area contributed by atoms with Crippen LogP contribution in [-0.4, -0.2) is 45.6 Å². The number of aryl methyl sites for hydroxylation is 1. The number of benzene rings is 2. The monoisotopic (exact) mass is 412 g/mol. The van der Waals surface area contributed by atoms with E-state index in [1.807, 2.05) is 25.1 Å². The van der Waals surface area contributed by atoms with Crippen molar-refractivity contribution >= 4 is 17.7 Å². The Morgan fingerprint density at radius 3 is 2.00 bits per heavy atom. The van der Waals surface area contributed by atoms with Crippen molar-refractivity contribution in [2.75, 3.05) is 7.11 Å². The van der Waals surface area contributed by atoms with Gasteiger partial charge >= 0.3 is 11.8 Å². The van der Waals surface area contributed by atoms with Gasteiger partial charge in [-0.2, -0.15) is 0 Å². The summed E-state index contributed by atoms with van der Waals surface area (Å²) < 4.78 is 0. The Balaban J connectivity index is 2.30. The van der Waals surface area contributed by atoms with E-state index in [0.717, 1.165) is 26.3 Å². The molecule has 0 unspecified atom stereocenters. The van der Waals surface area contributed by atoms with Crippen LogP contribution < -0.4 is 5.84 Å². The Morgan fingerprint density at radius 2 is 1.50 bits per heavy atom. The number of hydrazine groups is 2. The number of hydroxylamine groups is 1. The first-order chi connectivity index (χ1) is 14.1. The van der Waals surface area contributed by atoms with Gasteiger partial charge in [-0.05, 0) is 45.4 Å². The number of nitrogens with zero attached hydrogens (tertiary/aromatic N) is 3. The minimum Gasteiger partial charge on any atom is -0.268 e. The van der Waals surface area contributed by atoms with Crippen molar-refractivity contribution < 1.29 is 19.2 Å². The third-order valence-corrected chi connectivity index (χ3v) is 4.29. The zero-order valence-corrected chi connectivity index (χ0v) is 18.0. The fourth-order valence-corrected chi connectivity index (χ4v) is 2.79. The molecule has 0 aromatic heterocycles. The van der Waals surface area contributed by atoms with Crippen molar-refractivity contribution in [3.63, 3.8) is 0 Å². The number of carbonyl (C=O) groups is 3. The molecule has 2 N–H and O–H groups in total. The second kappa shape index (κ2) is 9.51. The van der Waals surface area contributed by atoms with Crippen molar-refractivity contribution in [1.82, 2.24) is 15.2 Å². The van der Waals surface area contributed by atoms with Crippen LogP contribution in [0.3, 0.4) is 0 Å². The molecule has 160 valence electrons. The molecule has 0 atom stereocenters. The topological polar surface area (TPSA) is 96.2 Å². The van der Waals surface area contributed by atoms with Crippen molar-refractivity contribution in [1.29, 1.82) is 0 Å². The van der Waals surface area contributed by atoms with Gasteiger partial charge in [-0.1, -0.05) is 48.0 Å². The zero-order valence-electron chi connectivity index (χ0n) is 18.0. The molecule has 0 saturated heterocycles. The molecule has 0 aliphatic carbocycles. The molecular formula is C22H28N4O4. The first-order valence-corrected chi connectivity index (χ1v) is 9.46. The molecule has 3 amide bonds. The van der Waals surface area contributed by atoms with E-state index < -0.39 is 23.3 Å². The molecule has 0 spiro atoms. The maximum Gasteiger partial charge on any atom is 0.334 e. The minimum atomic E-state index is -0.983. The molecule has 0 radical (unpaired) electrons. The van der Waals surface area contributed by atoms with Crippen LogP contribution in [0.4, 0.5) is 0 Å². The minimum absolute atomic E-state index is 0.0439. The average molecular weight is 412 g/mol. The van der Waals surface area contributed by atoms with Crippen LogP contribution in [0.1, 0.15) is 42.3 Å². The number of amides is 3. The van der Waals surface area contributed by atoms with E-state index in [1.165, 1.54) is 7.11 Å². The van der Waals surface area contributed by atoms with Gasteiger partial charge in [-0.3, -0.25) is 24.2 Å². The first-order valence-electron chi connectivity index (χ1n) is 9.46. The molecule has 8 nitrogen and oxygen atoms in total. The molecule has 0 bridgehead atoms. The number of hydrogen-bond acceptors (Lipinski definition) is 5. The van der Waals surface area contributed by atoms with E-state index in [0.29, 0.717) is 5.56 Å². The summed E-state index contributed by atoms with van der Waals surface area (Å²) in [4.78, 5) is 44.1. The number of rotatable bonds is 4. The van der Waals surface area contributed by atoms with Gasteiger partial charge < -0.3 is 0 Å². The summed E-state index contributed by atoms with van der Waals surface area (Å²) in [5.74, 6) is 3.34. The quantitative estimate of drug-likeness (QED) is 0.360. The van der Waals surface area contributed by atoms with E-state index >= 15 is 0 Å². The predicted octanol–water partition coefficient (Wildman–Crippen LogP) is 2.44. The van der Waals surface area contributed by atoms with Crippen LogP contribution in [0.5, 0.6) is 0 Å². The zero-order chi connectivity index (χ0) is 22.5. The largest absolute Gasteiger partial charge is 0.334 e. The van der Waals surface area contributed by atoms with Crippen molar-refractivity contribution in [2.24, 2.45) is 5.84 Å². The Labute approximate surface area is 176 Å². The van der Waals surface area contributed by atoms with Gasteiger partial charge in [0.15, 0.2) is 0 Å². The normalized spacial score (nSPS) is 11.0. The van der Waals surface area contributed by atoms with E-state index in [2.05, 4.69) is 0 Å². The molecular weight excluding hydrogens is 384 g/mol. The SMILES string of the molecule is CON(C(=O)c1ccc(C)cc1)N(C(=O)C(=O)N(N)Cc1ccccc1)C(C)(C)C. The summed E-state index contributed by atoms with van der Waals surface area (Å²) in [6.07, 6.45) is 0. The van der Waals surface area contributed by atoms with Gasteiger partial charge in [-0.25, -0.2) is 10.9 Å². The van der Waals surface area contributed by atoms with Crippen molar-refractivity contribution in [3.8, 4) is 0 Å². The third-order valence-electron chi connectivity index (χ3n) is 4.29. The number of nitrogens with two attached hydrogens (primary N) is 1. The van der Waals surface area contributed by atoms with Gasteiger partial charge in [0, 0.05) is 5.56 Å². The molecule has 2 aromatic carbocycles. The highest BCUT2D eigenvalue weighted by Crippen LogP contribution is 2.20. The Bertz CT molecular complexity index is 892. The van der Waals surface area contributed by atoms with Gasteiger partial charge in [-0.15, -0.1) is 5.17 Å². The molecule has 8 heteroatoms. The van der Waals surface area contributed by atoms with Gasteiger partial charge in [0.05, 0.1) is 19.2 Å². The van der Waals surface area contributed by atoms with E-state index in [4.69, 9.17) is 10.7 Å². The number of hydrogen-bond donors (Lipinski definition) is 1. The van der Waals surface area contributed by atoms with Crippen LogP contribution in [-0.2, 0) is 21.0 Å². The summed E-state index contributed by atoms with van der Waals surface area (Å²) in [7, 11) is 1.26. The van der Waals surface area contributed by atoms with E-state index in [1.54, 1.807) is 57.2 Å². The molecule has 0 saturated carbocycles. The lowest BCUT2D eigenvalue weighted by molar-refractivity contribution is -0.247. The summed E-state index contributed by atoms with van der Waals surface area (Å²) in [6.45, 7) is 7.00. The molecule has 0 fully saturated rings. The Hall–Kier alpha value is -3.23. The molecule has 2 rings (SSSR count). The highest BCUT2D eigenvalue weighted by atomic mass is 16.7. The van der Waals surface area contributed by atoms with E-state index in [-0.39, 0.29) is 6.54 Å². The van der Waals surface area contributed by atoms with E-state index in [9.17, 15) is 14.4 Å². The molecule has 0 aliphatic heterocycles. The third kappa shape index (κ3) is 5.43. The second-order valence-electron chi connectivity index (χ2n) is 7.83. The lowest BCUT2D eigenvalue weighted by atomic mass is 10.1. The summed E-state index contributed by atoms with van der Waals surface area (Å²) in [6, 6.07) is 15.8. The van der Waals surface area contributed by atoms with Crippen LogP contribution >= 0.6 is 0 Å². The second-order valence-corrected chi connectivity index (χ2v) is 7.83. The molecule has 30 heavy (non-hydrogen) atoms. The molecule has 0 aliphatic rings. The average Bonchev–Trinajstić information content (AvgIpc) is 2.70. The van der Waals surface area contributed by atoms with Crippen LogP contribution in [0, 0.1) is 6.92 Å². The Morgan fingerprint density at radius 1 is 0.933 bits per heavy atom. The predicted molar refractivity (Wildman–Crippen MR) is 112 cm³/mol. The first kappa shape index (κ1) is 23.1. The summed E-state index contributed by atoms with van der Waals surface area (Å²) in [5.41, 5.74) is 1.11. The summed E-state index contributed by atoms with van der Waals surface area (Å²) >= 11 is 0. The highest BCUT2D eigenvalue weighted by molar-refractivity contribution is 6.35. The van der Waals surface area contributed by atoms with Crippen molar-refractivity contribution in [2.45, 2.75) is 39.8 Å². The number of carbonyl (C=O) groups excluding carboxylic acids is 3. The van der Waals surface area contributed by atoms with Gasteiger partial charge in [0.1, 0.15) is 0 Å². The molecule has 0 heterocycles. The molecule has 2 aromatic rings. The van der Waals surface area contributed by atoms with Crippen LogP contribution in [0.2, 0.25) is 0 Å². The fourth-order valence-electron chi connectivity index (χ4n) is 2.79. The lowest BCUT2D eigenvalue weighted by Gasteiger charge is -2.41. The highest BCUT2D eigenvalue weighted by Gasteiger charge is 2.40. The van der Waals surface area contributed by atoms with Crippen LogP contribution in [0.15, 0.2) is 54.6 Å².